The first kappa shape index (κ1) is 19.3. The van der Waals surface area contributed by atoms with Crippen molar-refractivity contribution < 1.29 is 19.1 Å². The Bertz CT molecular complexity index is 378. The first-order valence-corrected chi connectivity index (χ1v) is 6.96. The summed E-state index contributed by atoms with van der Waals surface area (Å²) in [5, 5.41) is 2.44. The zero-order valence-electron chi connectivity index (χ0n) is 12.5. The Labute approximate surface area is 129 Å². The van der Waals surface area contributed by atoms with Crippen LogP contribution >= 0.6 is 11.6 Å². The SMILES string of the molecule is CC(C)(C)OC(=O)N[C@@H](CCCN=C(N)N)C(=O)OCCl. The summed E-state index contributed by atoms with van der Waals surface area (Å²) in [6.07, 6.45) is 0.0717. The van der Waals surface area contributed by atoms with E-state index in [0.717, 1.165) is 0 Å². The molecule has 9 heteroatoms. The van der Waals surface area contributed by atoms with Crippen LogP contribution in [0.1, 0.15) is 33.6 Å². The lowest BCUT2D eigenvalue weighted by Crippen LogP contribution is -2.44. The Kier molecular flexibility index (Phi) is 8.52. The number of ether oxygens (including phenoxy) is 2. The highest BCUT2D eigenvalue weighted by Crippen LogP contribution is 2.08. The van der Waals surface area contributed by atoms with Gasteiger partial charge in [-0.1, -0.05) is 11.6 Å². The summed E-state index contributed by atoms with van der Waals surface area (Å²) in [5.41, 5.74) is 9.73. The number of aliphatic imine (C=N–C) groups is 1. The van der Waals surface area contributed by atoms with Crippen LogP contribution in [-0.4, -0.2) is 42.3 Å². The number of halogens is 1. The van der Waals surface area contributed by atoms with Crippen LogP contribution in [-0.2, 0) is 14.3 Å². The summed E-state index contributed by atoms with van der Waals surface area (Å²) in [6.45, 7) is 5.50. The molecule has 0 spiro atoms. The molecule has 0 heterocycles. The Balaban J connectivity index is 4.49. The van der Waals surface area contributed by atoms with E-state index in [1.54, 1.807) is 20.8 Å². The predicted octanol–water partition coefficient (Wildman–Crippen LogP) is 0.673. The van der Waals surface area contributed by atoms with Crippen LogP contribution < -0.4 is 16.8 Å². The minimum absolute atomic E-state index is 0.0324. The number of guanidine groups is 1. The van der Waals surface area contributed by atoms with Gasteiger partial charge in [-0.15, -0.1) is 0 Å². The van der Waals surface area contributed by atoms with Crippen molar-refractivity contribution in [1.82, 2.24) is 5.32 Å². The molecule has 0 bridgehead atoms. The lowest BCUT2D eigenvalue weighted by atomic mass is 10.1. The molecule has 0 aromatic rings. The van der Waals surface area contributed by atoms with Gasteiger partial charge in [-0.2, -0.15) is 0 Å². The number of alkyl carbamates (subject to hydrolysis) is 1. The average molecular weight is 323 g/mol. The van der Waals surface area contributed by atoms with Crippen molar-refractivity contribution in [3.63, 3.8) is 0 Å². The number of nitrogens with zero attached hydrogens (tertiary/aromatic N) is 1. The van der Waals surface area contributed by atoms with E-state index in [1.165, 1.54) is 0 Å². The fourth-order valence-corrected chi connectivity index (χ4v) is 1.46. The lowest BCUT2D eigenvalue weighted by Gasteiger charge is -2.22. The van der Waals surface area contributed by atoms with E-state index in [0.29, 0.717) is 19.4 Å². The van der Waals surface area contributed by atoms with Crippen LogP contribution in [0.4, 0.5) is 4.79 Å². The van der Waals surface area contributed by atoms with Crippen molar-refractivity contribution in [3.05, 3.63) is 0 Å². The van der Waals surface area contributed by atoms with E-state index >= 15 is 0 Å². The van der Waals surface area contributed by atoms with Gasteiger partial charge in [-0.3, -0.25) is 4.99 Å². The third kappa shape index (κ3) is 10.7. The number of carbonyl (C=O) groups excluding carboxylic acids is 2. The summed E-state index contributed by atoms with van der Waals surface area (Å²) < 4.78 is 9.77. The molecule has 0 aliphatic carbocycles. The van der Waals surface area contributed by atoms with Crippen LogP contribution in [0.5, 0.6) is 0 Å². The first-order chi connectivity index (χ1) is 9.65. The Hall–Kier alpha value is -1.70. The summed E-state index contributed by atoms with van der Waals surface area (Å²) in [5.74, 6) is -0.671. The molecule has 21 heavy (non-hydrogen) atoms. The van der Waals surface area contributed by atoms with Crippen LogP contribution in [0.15, 0.2) is 4.99 Å². The molecule has 5 N–H and O–H groups in total. The van der Waals surface area contributed by atoms with Crippen LogP contribution in [0.2, 0.25) is 0 Å². The molecular formula is C12H23ClN4O4. The molecule has 0 aromatic carbocycles. The number of hydrogen-bond acceptors (Lipinski definition) is 5. The molecule has 0 rings (SSSR count). The molecule has 0 aromatic heterocycles. The molecular weight excluding hydrogens is 300 g/mol. The zero-order valence-corrected chi connectivity index (χ0v) is 13.3. The second-order valence-electron chi connectivity index (χ2n) is 5.22. The van der Waals surface area contributed by atoms with Gasteiger partial charge >= 0.3 is 12.1 Å². The van der Waals surface area contributed by atoms with E-state index in [4.69, 9.17) is 27.8 Å². The average Bonchev–Trinajstić information content (AvgIpc) is 2.30. The van der Waals surface area contributed by atoms with Crippen molar-refractivity contribution >= 4 is 29.6 Å². The van der Waals surface area contributed by atoms with Crippen molar-refractivity contribution in [2.24, 2.45) is 16.5 Å². The maximum atomic E-state index is 11.7. The largest absolute Gasteiger partial charge is 0.448 e. The number of nitrogens with two attached hydrogens (primary N) is 2. The van der Waals surface area contributed by atoms with Crippen molar-refractivity contribution in [3.8, 4) is 0 Å². The van der Waals surface area contributed by atoms with Gasteiger partial charge in [0.05, 0.1) is 0 Å². The molecule has 0 radical (unpaired) electrons. The molecule has 0 saturated carbocycles. The van der Waals surface area contributed by atoms with Gasteiger partial charge in [0.1, 0.15) is 11.6 Å². The van der Waals surface area contributed by atoms with Crippen LogP contribution in [0.25, 0.3) is 0 Å². The highest BCUT2D eigenvalue weighted by atomic mass is 35.5. The number of alkyl halides is 1. The Morgan fingerprint density at radius 1 is 1.33 bits per heavy atom. The van der Waals surface area contributed by atoms with Crippen molar-refractivity contribution in [2.75, 3.05) is 12.6 Å². The fraction of sp³-hybridized carbons (Fsp3) is 0.750. The van der Waals surface area contributed by atoms with E-state index in [2.05, 4.69) is 15.0 Å². The summed E-state index contributed by atoms with van der Waals surface area (Å²) in [7, 11) is 0. The number of carbonyl (C=O) groups is 2. The Morgan fingerprint density at radius 2 is 1.95 bits per heavy atom. The van der Waals surface area contributed by atoms with Crippen LogP contribution in [0, 0.1) is 0 Å². The van der Waals surface area contributed by atoms with E-state index in [1.807, 2.05) is 0 Å². The minimum atomic E-state index is -0.868. The first-order valence-electron chi connectivity index (χ1n) is 6.43. The number of nitrogens with one attached hydrogen (secondary N) is 1. The number of rotatable bonds is 7. The molecule has 0 aliphatic rings. The molecule has 1 amide bonds. The van der Waals surface area contributed by atoms with Crippen LogP contribution in [0.3, 0.4) is 0 Å². The number of amides is 1. The maximum Gasteiger partial charge on any atom is 0.408 e. The normalized spacial score (nSPS) is 12.2. The molecule has 0 saturated heterocycles. The third-order valence-electron chi connectivity index (χ3n) is 2.12. The number of esters is 1. The van der Waals surface area contributed by atoms with Gasteiger partial charge in [0.15, 0.2) is 12.0 Å². The van der Waals surface area contributed by atoms with Gasteiger partial charge < -0.3 is 26.3 Å². The van der Waals surface area contributed by atoms with Crippen molar-refractivity contribution in [1.29, 1.82) is 0 Å². The van der Waals surface area contributed by atoms with Gasteiger partial charge in [-0.25, -0.2) is 9.59 Å². The molecule has 8 nitrogen and oxygen atoms in total. The summed E-state index contributed by atoms with van der Waals surface area (Å²) >= 11 is 5.34. The zero-order chi connectivity index (χ0) is 16.5. The molecule has 0 unspecified atom stereocenters. The standard InChI is InChI=1S/C12H23ClN4O4/c1-12(2,3)21-11(19)17-8(9(18)20-7-13)5-4-6-16-10(14)15/h8H,4-7H2,1-3H3,(H,17,19)(H4,14,15,16)/t8-/m0/s1. The second kappa shape index (κ2) is 9.28. The van der Waals surface area contributed by atoms with Gasteiger partial charge in [0.2, 0.25) is 0 Å². The molecule has 122 valence electrons. The second-order valence-corrected chi connectivity index (χ2v) is 5.44. The predicted molar refractivity (Wildman–Crippen MR) is 79.9 cm³/mol. The van der Waals surface area contributed by atoms with Crippen molar-refractivity contribution in [2.45, 2.75) is 45.3 Å². The summed E-state index contributed by atoms with van der Waals surface area (Å²) in [4.78, 5) is 27.2. The fourth-order valence-electron chi connectivity index (χ4n) is 1.36. The van der Waals surface area contributed by atoms with Gasteiger partial charge in [0.25, 0.3) is 0 Å². The van der Waals surface area contributed by atoms with Gasteiger partial charge in [-0.05, 0) is 33.6 Å². The highest BCUT2D eigenvalue weighted by Gasteiger charge is 2.25. The smallest absolute Gasteiger partial charge is 0.408 e. The third-order valence-corrected chi connectivity index (χ3v) is 2.23. The maximum absolute atomic E-state index is 11.7. The van der Waals surface area contributed by atoms with E-state index < -0.39 is 23.7 Å². The summed E-state index contributed by atoms with van der Waals surface area (Å²) in [6, 6.07) is -1.16. The molecule has 1 atom stereocenters. The topological polar surface area (TPSA) is 129 Å². The minimum Gasteiger partial charge on any atom is -0.448 e. The molecule has 0 fully saturated rings. The monoisotopic (exact) mass is 322 g/mol. The quantitative estimate of drug-likeness (QED) is 0.208. The highest BCUT2D eigenvalue weighted by molar-refractivity contribution is 6.17. The lowest BCUT2D eigenvalue weighted by molar-refractivity contribution is -0.144. The number of hydrogen-bond donors (Lipinski definition) is 3. The van der Waals surface area contributed by atoms with E-state index in [-0.39, 0.29) is 12.0 Å². The molecule has 0 aliphatic heterocycles. The Morgan fingerprint density at radius 3 is 2.43 bits per heavy atom. The van der Waals surface area contributed by atoms with E-state index in [9.17, 15) is 9.59 Å². The van der Waals surface area contributed by atoms with Gasteiger partial charge in [0, 0.05) is 6.54 Å².